The molecule has 1 N–H and O–H groups in total. The Labute approximate surface area is 168 Å². The van der Waals surface area contributed by atoms with Crippen LogP contribution in [0.1, 0.15) is 38.2 Å². The van der Waals surface area contributed by atoms with Crippen LogP contribution in [0.3, 0.4) is 0 Å². The van der Waals surface area contributed by atoms with Crippen LogP contribution in [0.5, 0.6) is 0 Å². The fraction of sp³-hybridized carbons (Fsp3) is 0.600. The normalized spacial score (nSPS) is 19.4. The van der Waals surface area contributed by atoms with Gasteiger partial charge in [-0.2, -0.15) is 0 Å². The van der Waals surface area contributed by atoms with Gasteiger partial charge in [-0.25, -0.2) is 8.42 Å². The van der Waals surface area contributed by atoms with Crippen LogP contribution in [0.15, 0.2) is 24.3 Å². The highest BCUT2D eigenvalue weighted by Crippen LogP contribution is 2.26. The molecule has 0 spiro atoms. The van der Waals surface area contributed by atoms with Gasteiger partial charge in [0.25, 0.3) is 0 Å². The Bertz CT molecular complexity index is 807. The molecule has 1 aromatic rings. The molecule has 2 amide bonds. The predicted octanol–water partition coefficient (Wildman–Crippen LogP) is 1.72. The molecule has 0 aliphatic carbocycles. The van der Waals surface area contributed by atoms with Gasteiger partial charge in [-0.3, -0.25) is 9.59 Å². The van der Waals surface area contributed by atoms with Crippen LogP contribution in [-0.4, -0.2) is 74.8 Å². The Morgan fingerprint density at radius 3 is 2.46 bits per heavy atom. The smallest absolute Gasteiger partial charge is 0.313 e. The summed E-state index contributed by atoms with van der Waals surface area (Å²) in [6, 6.07) is 7.01. The number of hydrogen-bond acceptors (Lipinski definition) is 5. The molecule has 8 heteroatoms. The lowest BCUT2D eigenvalue weighted by Gasteiger charge is -2.29. The van der Waals surface area contributed by atoms with Gasteiger partial charge in [0.15, 0.2) is 9.84 Å². The second-order valence-electron chi connectivity index (χ2n) is 7.71. The molecule has 1 fully saturated rings. The van der Waals surface area contributed by atoms with E-state index in [-0.39, 0.29) is 17.4 Å². The average molecular weight is 410 g/mol. The van der Waals surface area contributed by atoms with Crippen LogP contribution in [0.25, 0.3) is 0 Å². The molecule has 1 aliphatic rings. The number of benzene rings is 1. The van der Waals surface area contributed by atoms with Gasteiger partial charge in [0, 0.05) is 24.8 Å². The van der Waals surface area contributed by atoms with E-state index >= 15 is 0 Å². The molecule has 2 atom stereocenters. The summed E-state index contributed by atoms with van der Waals surface area (Å²) < 4.78 is 23.7. The van der Waals surface area contributed by atoms with Crippen LogP contribution in [0, 0.1) is 0 Å². The zero-order chi connectivity index (χ0) is 20.9. The number of amides is 2. The molecule has 2 rings (SSSR count). The van der Waals surface area contributed by atoms with E-state index in [1.165, 1.54) is 4.90 Å². The van der Waals surface area contributed by atoms with E-state index in [9.17, 15) is 18.0 Å². The molecule has 0 bridgehead atoms. The van der Waals surface area contributed by atoms with Gasteiger partial charge in [-0.1, -0.05) is 32.0 Å². The Hall–Kier alpha value is -1.93. The van der Waals surface area contributed by atoms with Gasteiger partial charge in [0.2, 0.25) is 0 Å². The van der Waals surface area contributed by atoms with Crippen molar-refractivity contribution in [2.75, 3.05) is 44.0 Å². The summed E-state index contributed by atoms with van der Waals surface area (Å²) in [6.45, 7) is 5.00. The molecule has 1 aromatic carbocycles. The Kier molecular flexibility index (Phi) is 7.60. The van der Waals surface area contributed by atoms with E-state index in [2.05, 4.69) is 19.2 Å². The van der Waals surface area contributed by atoms with Crippen LogP contribution in [0.4, 0.5) is 5.69 Å². The molecule has 156 valence electrons. The summed E-state index contributed by atoms with van der Waals surface area (Å²) in [5.41, 5.74) is 1.61. The number of hydrogen-bond donors (Lipinski definition) is 1. The molecular weight excluding hydrogens is 378 g/mol. The first-order valence-corrected chi connectivity index (χ1v) is 11.5. The van der Waals surface area contributed by atoms with Gasteiger partial charge in [-0.05, 0) is 44.5 Å². The summed E-state index contributed by atoms with van der Waals surface area (Å²) in [5, 5.41) is 2.74. The summed E-state index contributed by atoms with van der Waals surface area (Å²) in [6.07, 6.45) is 1.29. The van der Waals surface area contributed by atoms with E-state index in [1.54, 1.807) is 6.07 Å². The highest BCUT2D eigenvalue weighted by Gasteiger charge is 2.36. The Balaban J connectivity index is 2.18. The topological polar surface area (TPSA) is 86.8 Å². The maximum absolute atomic E-state index is 12.9. The van der Waals surface area contributed by atoms with Gasteiger partial charge in [0.05, 0.1) is 11.5 Å². The second-order valence-corrected chi connectivity index (χ2v) is 9.94. The van der Waals surface area contributed by atoms with E-state index in [0.717, 1.165) is 12.0 Å². The number of anilines is 1. The Morgan fingerprint density at radius 2 is 1.89 bits per heavy atom. The Morgan fingerprint density at radius 1 is 1.21 bits per heavy atom. The average Bonchev–Trinajstić information content (AvgIpc) is 3.00. The molecule has 2 unspecified atom stereocenters. The third-order valence-corrected chi connectivity index (χ3v) is 7.00. The highest BCUT2D eigenvalue weighted by molar-refractivity contribution is 7.91. The van der Waals surface area contributed by atoms with Gasteiger partial charge in [-0.15, -0.1) is 0 Å². The van der Waals surface area contributed by atoms with Gasteiger partial charge < -0.3 is 15.1 Å². The zero-order valence-corrected chi connectivity index (χ0v) is 18.0. The molecule has 0 aromatic heterocycles. The number of carbonyl (C=O) groups excluding carboxylic acids is 2. The van der Waals surface area contributed by atoms with Crippen LogP contribution in [-0.2, 0) is 19.4 Å². The molecular formula is C20H31N3O4S. The van der Waals surface area contributed by atoms with Gasteiger partial charge >= 0.3 is 11.8 Å². The van der Waals surface area contributed by atoms with Crippen LogP contribution in [0.2, 0.25) is 0 Å². The molecule has 7 nitrogen and oxygen atoms in total. The van der Waals surface area contributed by atoms with Crippen molar-refractivity contribution in [1.82, 2.24) is 9.80 Å². The van der Waals surface area contributed by atoms with Crippen molar-refractivity contribution in [3.05, 3.63) is 29.8 Å². The lowest BCUT2D eigenvalue weighted by Crippen LogP contribution is -2.49. The first-order chi connectivity index (χ1) is 13.1. The lowest BCUT2D eigenvalue weighted by atomic mass is 9.97. The van der Waals surface area contributed by atoms with Crippen molar-refractivity contribution in [2.45, 2.75) is 38.6 Å². The summed E-state index contributed by atoms with van der Waals surface area (Å²) in [7, 11) is 0.585. The number of rotatable bonds is 7. The third-order valence-electron chi connectivity index (χ3n) is 5.24. The van der Waals surface area contributed by atoms with E-state index in [4.69, 9.17) is 0 Å². The van der Waals surface area contributed by atoms with Crippen molar-refractivity contribution < 1.29 is 18.0 Å². The van der Waals surface area contributed by atoms with Crippen molar-refractivity contribution >= 4 is 27.3 Å². The minimum atomic E-state index is -3.16. The molecule has 28 heavy (non-hydrogen) atoms. The number of nitrogens with one attached hydrogen (secondary N) is 1. The zero-order valence-electron chi connectivity index (χ0n) is 17.1. The van der Waals surface area contributed by atoms with E-state index in [1.807, 2.05) is 37.2 Å². The molecule has 0 saturated carbocycles. The summed E-state index contributed by atoms with van der Waals surface area (Å²) in [4.78, 5) is 28.9. The second kappa shape index (κ2) is 9.52. The quantitative estimate of drug-likeness (QED) is 0.693. The first-order valence-electron chi connectivity index (χ1n) is 9.70. The van der Waals surface area contributed by atoms with Crippen LogP contribution < -0.4 is 5.32 Å². The number of para-hydroxylation sites is 1. The highest BCUT2D eigenvalue weighted by atomic mass is 32.2. The molecule has 1 heterocycles. The number of sulfone groups is 1. The fourth-order valence-corrected chi connectivity index (χ4v) is 5.08. The summed E-state index contributed by atoms with van der Waals surface area (Å²) in [5.74, 6) is -1.18. The number of nitrogens with zero attached hydrogens (tertiary/aromatic N) is 2. The SMILES string of the molecule is CCC(C)c1ccccc1NC(=O)C(=O)N(CCN(C)C)C1CCS(=O)(=O)C1. The van der Waals surface area contributed by atoms with Crippen molar-refractivity contribution in [3.8, 4) is 0 Å². The lowest BCUT2D eigenvalue weighted by molar-refractivity contribution is -0.144. The van der Waals surface area contributed by atoms with Crippen molar-refractivity contribution in [3.63, 3.8) is 0 Å². The van der Waals surface area contributed by atoms with E-state index < -0.39 is 27.7 Å². The minimum Gasteiger partial charge on any atom is -0.329 e. The van der Waals surface area contributed by atoms with E-state index in [0.29, 0.717) is 25.2 Å². The number of carbonyl (C=O) groups is 2. The predicted molar refractivity (Wildman–Crippen MR) is 111 cm³/mol. The molecule has 1 aliphatic heterocycles. The van der Waals surface area contributed by atoms with Gasteiger partial charge in [0.1, 0.15) is 0 Å². The maximum atomic E-state index is 12.9. The molecule has 1 saturated heterocycles. The minimum absolute atomic E-state index is 0.0574. The standard InChI is InChI=1S/C20H31N3O4S/c1-5-15(2)17-8-6-7-9-18(17)21-19(24)20(25)23(12-11-22(3)4)16-10-13-28(26,27)14-16/h6-9,15-16H,5,10-14H2,1-4H3,(H,21,24). The van der Waals surface area contributed by atoms with Crippen molar-refractivity contribution in [1.29, 1.82) is 0 Å². The maximum Gasteiger partial charge on any atom is 0.313 e. The first kappa shape index (κ1) is 22.4. The third kappa shape index (κ3) is 5.78. The summed E-state index contributed by atoms with van der Waals surface area (Å²) >= 11 is 0. The molecule has 0 radical (unpaired) electrons. The van der Waals surface area contributed by atoms with Crippen LogP contribution >= 0.6 is 0 Å². The van der Waals surface area contributed by atoms with Crippen molar-refractivity contribution in [2.24, 2.45) is 0 Å². The number of likely N-dealkylation sites (N-methyl/N-ethyl adjacent to an activating group) is 1. The monoisotopic (exact) mass is 409 g/mol. The fourth-order valence-electron chi connectivity index (χ4n) is 3.35. The largest absolute Gasteiger partial charge is 0.329 e.